The Morgan fingerprint density at radius 1 is 1.14 bits per heavy atom. The first-order chi connectivity index (χ1) is 6.81. The quantitative estimate of drug-likeness (QED) is 0.745. The van der Waals surface area contributed by atoms with Crippen LogP contribution < -0.4 is 0 Å². The fourth-order valence-corrected chi connectivity index (χ4v) is 2.90. The molecule has 2 nitrogen and oxygen atoms in total. The lowest BCUT2D eigenvalue weighted by Gasteiger charge is -2.24. The predicted molar refractivity (Wildman–Crippen MR) is 58.1 cm³/mol. The first-order valence-corrected chi connectivity index (χ1v) is 6.10. The molecule has 1 saturated heterocycles. The third-order valence-electron chi connectivity index (χ3n) is 4.04. The summed E-state index contributed by atoms with van der Waals surface area (Å²) in [6, 6.07) is 0. The number of likely N-dealkylation sites (tertiary alicyclic amines) is 1. The zero-order valence-electron chi connectivity index (χ0n) is 9.28. The standard InChI is InChI=1S/C12H23NO/c1-13-7-2-3-10(6-8-13)12(9-14)11-4-5-11/h10-12,14H,2-9H2,1H3. The van der Waals surface area contributed by atoms with Crippen molar-refractivity contribution in [2.24, 2.45) is 17.8 Å². The fourth-order valence-electron chi connectivity index (χ4n) is 2.90. The van der Waals surface area contributed by atoms with E-state index in [0.717, 1.165) is 11.8 Å². The Morgan fingerprint density at radius 3 is 2.50 bits per heavy atom. The van der Waals surface area contributed by atoms with Gasteiger partial charge in [-0.15, -0.1) is 0 Å². The average Bonchev–Trinajstić information content (AvgIpc) is 2.97. The highest BCUT2D eigenvalue weighted by Gasteiger charge is 2.36. The molecular weight excluding hydrogens is 174 g/mol. The van der Waals surface area contributed by atoms with Gasteiger partial charge in [-0.2, -0.15) is 0 Å². The molecule has 0 bridgehead atoms. The first kappa shape index (κ1) is 10.4. The summed E-state index contributed by atoms with van der Waals surface area (Å²) in [5, 5.41) is 9.43. The molecule has 1 aliphatic heterocycles. The number of hydrogen-bond donors (Lipinski definition) is 1. The molecule has 0 amide bonds. The lowest BCUT2D eigenvalue weighted by Crippen LogP contribution is -2.23. The van der Waals surface area contributed by atoms with Crippen molar-refractivity contribution in [2.75, 3.05) is 26.7 Å². The third kappa shape index (κ3) is 2.48. The molecule has 1 N–H and O–H groups in total. The lowest BCUT2D eigenvalue weighted by molar-refractivity contribution is 0.145. The van der Waals surface area contributed by atoms with Crippen LogP contribution >= 0.6 is 0 Å². The Bertz CT molecular complexity index is 179. The van der Waals surface area contributed by atoms with Gasteiger partial charge in [0.25, 0.3) is 0 Å². The fraction of sp³-hybridized carbons (Fsp3) is 1.00. The minimum atomic E-state index is 0.430. The number of rotatable bonds is 3. The van der Waals surface area contributed by atoms with Gasteiger partial charge in [0.2, 0.25) is 0 Å². The van der Waals surface area contributed by atoms with E-state index in [-0.39, 0.29) is 0 Å². The van der Waals surface area contributed by atoms with Crippen LogP contribution in [0.25, 0.3) is 0 Å². The first-order valence-electron chi connectivity index (χ1n) is 6.10. The van der Waals surface area contributed by atoms with Crippen molar-refractivity contribution >= 4 is 0 Å². The Kier molecular flexibility index (Phi) is 3.45. The molecule has 0 radical (unpaired) electrons. The molecule has 2 rings (SSSR count). The zero-order valence-corrected chi connectivity index (χ0v) is 9.28. The summed E-state index contributed by atoms with van der Waals surface area (Å²) < 4.78 is 0. The van der Waals surface area contributed by atoms with Gasteiger partial charge in [-0.25, -0.2) is 0 Å². The number of nitrogens with zero attached hydrogens (tertiary/aromatic N) is 1. The Balaban J connectivity index is 1.87. The van der Waals surface area contributed by atoms with Crippen LogP contribution in [-0.2, 0) is 0 Å². The molecule has 14 heavy (non-hydrogen) atoms. The maximum atomic E-state index is 9.43. The number of hydrogen-bond acceptors (Lipinski definition) is 2. The molecule has 0 aromatic rings. The molecule has 0 spiro atoms. The van der Waals surface area contributed by atoms with E-state index in [0.29, 0.717) is 12.5 Å². The van der Waals surface area contributed by atoms with Crippen LogP contribution in [0, 0.1) is 17.8 Å². The van der Waals surface area contributed by atoms with Gasteiger partial charge in [-0.1, -0.05) is 0 Å². The summed E-state index contributed by atoms with van der Waals surface area (Å²) in [5.74, 6) is 2.30. The van der Waals surface area contributed by atoms with Crippen LogP contribution in [0.1, 0.15) is 32.1 Å². The van der Waals surface area contributed by atoms with Crippen molar-refractivity contribution in [1.29, 1.82) is 0 Å². The highest BCUT2D eigenvalue weighted by Crippen LogP contribution is 2.43. The lowest BCUT2D eigenvalue weighted by atomic mass is 9.83. The van der Waals surface area contributed by atoms with Gasteiger partial charge in [-0.05, 0) is 70.0 Å². The van der Waals surface area contributed by atoms with Gasteiger partial charge in [0.05, 0.1) is 0 Å². The van der Waals surface area contributed by atoms with Crippen molar-refractivity contribution in [1.82, 2.24) is 4.90 Å². The molecule has 1 saturated carbocycles. The minimum Gasteiger partial charge on any atom is -0.396 e. The van der Waals surface area contributed by atoms with E-state index in [1.54, 1.807) is 0 Å². The highest BCUT2D eigenvalue weighted by atomic mass is 16.3. The molecule has 2 atom stereocenters. The van der Waals surface area contributed by atoms with E-state index in [1.807, 2.05) is 0 Å². The zero-order chi connectivity index (χ0) is 9.97. The summed E-state index contributed by atoms with van der Waals surface area (Å²) in [7, 11) is 2.22. The van der Waals surface area contributed by atoms with Crippen LogP contribution in [0.3, 0.4) is 0 Å². The molecule has 1 heterocycles. The van der Waals surface area contributed by atoms with Gasteiger partial charge in [0.15, 0.2) is 0 Å². The largest absolute Gasteiger partial charge is 0.396 e. The molecule has 1 aliphatic carbocycles. The van der Waals surface area contributed by atoms with Crippen molar-refractivity contribution < 1.29 is 5.11 Å². The summed E-state index contributed by atoms with van der Waals surface area (Å²) >= 11 is 0. The minimum absolute atomic E-state index is 0.430. The average molecular weight is 197 g/mol. The van der Waals surface area contributed by atoms with E-state index in [4.69, 9.17) is 0 Å². The molecule has 2 aliphatic rings. The molecule has 0 aromatic heterocycles. The Morgan fingerprint density at radius 2 is 1.86 bits per heavy atom. The van der Waals surface area contributed by atoms with Gasteiger partial charge >= 0.3 is 0 Å². The maximum absolute atomic E-state index is 9.43. The van der Waals surface area contributed by atoms with Crippen LogP contribution in [0.5, 0.6) is 0 Å². The Hall–Kier alpha value is -0.0800. The van der Waals surface area contributed by atoms with E-state index in [9.17, 15) is 5.11 Å². The van der Waals surface area contributed by atoms with E-state index < -0.39 is 0 Å². The van der Waals surface area contributed by atoms with Gasteiger partial charge in [-0.3, -0.25) is 0 Å². The highest BCUT2D eigenvalue weighted by molar-refractivity contribution is 4.86. The van der Waals surface area contributed by atoms with Crippen molar-refractivity contribution in [3.05, 3.63) is 0 Å². The number of aliphatic hydroxyl groups excluding tert-OH is 1. The topological polar surface area (TPSA) is 23.5 Å². The molecule has 2 unspecified atom stereocenters. The second-order valence-electron chi connectivity index (χ2n) is 5.18. The Labute approximate surface area is 87.3 Å². The number of aliphatic hydroxyl groups is 1. The summed E-state index contributed by atoms with van der Waals surface area (Å²) in [5.41, 5.74) is 0. The normalized spacial score (nSPS) is 32.6. The van der Waals surface area contributed by atoms with Gasteiger partial charge in [0, 0.05) is 6.61 Å². The second kappa shape index (κ2) is 4.63. The van der Waals surface area contributed by atoms with Gasteiger partial charge in [0.1, 0.15) is 0 Å². The SMILES string of the molecule is CN1CCCC(C(CO)C2CC2)CC1. The summed E-state index contributed by atoms with van der Waals surface area (Å²) in [6.45, 7) is 2.91. The predicted octanol–water partition coefficient (Wildman–Crippen LogP) is 1.74. The van der Waals surface area contributed by atoms with Crippen molar-refractivity contribution in [3.8, 4) is 0 Å². The van der Waals surface area contributed by atoms with Crippen LogP contribution in [0.2, 0.25) is 0 Å². The second-order valence-corrected chi connectivity index (χ2v) is 5.18. The van der Waals surface area contributed by atoms with Gasteiger partial charge < -0.3 is 10.0 Å². The van der Waals surface area contributed by atoms with Crippen LogP contribution in [0.4, 0.5) is 0 Å². The van der Waals surface area contributed by atoms with E-state index in [1.165, 1.54) is 45.2 Å². The van der Waals surface area contributed by atoms with Crippen molar-refractivity contribution in [2.45, 2.75) is 32.1 Å². The molecule has 0 aromatic carbocycles. The third-order valence-corrected chi connectivity index (χ3v) is 4.04. The van der Waals surface area contributed by atoms with E-state index in [2.05, 4.69) is 11.9 Å². The summed E-state index contributed by atoms with van der Waals surface area (Å²) in [4.78, 5) is 2.43. The molecule has 2 heteroatoms. The monoisotopic (exact) mass is 197 g/mol. The maximum Gasteiger partial charge on any atom is 0.0464 e. The van der Waals surface area contributed by atoms with E-state index >= 15 is 0 Å². The van der Waals surface area contributed by atoms with Crippen LogP contribution in [-0.4, -0.2) is 36.8 Å². The smallest absolute Gasteiger partial charge is 0.0464 e. The molecule has 2 fully saturated rings. The summed E-state index contributed by atoms with van der Waals surface area (Å²) in [6.07, 6.45) is 6.71. The molecular formula is C12H23NO. The van der Waals surface area contributed by atoms with Crippen molar-refractivity contribution in [3.63, 3.8) is 0 Å². The van der Waals surface area contributed by atoms with Crippen LogP contribution in [0.15, 0.2) is 0 Å². The molecule has 82 valence electrons.